The highest BCUT2D eigenvalue weighted by Gasteiger charge is 2.26. The van der Waals surface area contributed by atoms with Crippen molar-refractivity contribution in [2.24, 2.45) is 4.99 Å². The Morgan fingerprint density at radius 2 is 2.00 bits per heavy atom. The number of hydrogen-bond acceptors (Lipinski definition) is 3. The minimum absolute atomic E-state index is 0.0340. The first-order valence-electron chi connectivity index (χ1n) is 6.87. The quantitative estimate of drug-likeness (QED) is 0.828. The van der Waals surface area contributed by atoms with E-state index in [1.54, 1.807) is 7.11 Å². The van der Waals surface area contributed by atoms with E-state index in [1.807, 2.05) is 0 Å². The fraction of sp³-hybridized carbons (Fsp3) is 0.562. The lowest BCUT2D eigenvalue weighted by Gasteiger charge is -2.28. The van der Waals surface area contributed by atoms with E-state index in [2.05, 4.69) is 39.8 Å². The van der Waals surface area contributed by atoms with E-state index in [4.69, 9.17) is 14.5 Å². The van der Waals surface area contributed by atoms with Gasteiger partial charge in [0.15, 0.2) is 11.5 Å². The van der Waals surface area contributed by atoms with E-state index in [1.165, 1.54) is 11.1 Å². The van der Waals surface area contributed by atoms with Crippen LogP contribution in [0.4, 0.5) is 0 Å². The number of methoxy groups -OCH3 is 1. The number of fused-ring (bicyclic) bond motifs is 1. The maximum Gasteiger partial charge on any atom is 0.161 e. The second-order valence-corrected chi connectivity index (χ2v) is 5.70. The van der Waals surface area contributed by atoms with E-state index < -0.39 is 0 Å². The molecule has 0 aliphatic carbocycles. The molecular weight excluding hydrogens is 238 g/mol. The van der Waals surface area contributed by atoms with Gasteiger partial charge in [0, 0.05) is 11.3 Å². The normalized spacial score (nSPS) is 16.6. The molecule has 1 heterocycles. The van der Waals surface area contributed by atoms with Crippen molar-refractivity contribution in [1.29, 1.82) is 0 Å². The summed E-state index contributed by atoms with van der Waals surface area (Å²) in [6, 6.07) is 4.16. The van der Waals surface area contributed by atoms with Crippen molar-refractivity contribution in [3.05, 3.63) is 23.3 Å². The molecule has 1 aliphatic heterocycles. The molecule has 1 aromatic rings. The van der Waals surface area contributed by atoms with Gasteiger partial charge in [0.1, 0.15) is 0 Å². The van der Waals surface area contributed by atoms with Crippen LogP contribution in [0.25, 0.3) is 0 Å². The fourth-order valence-electron chi connectivity index (χ4n) is 2.59. The maximum absolute atomic E-state index is 5.78. The summed E-state index contributed by atoms with van der Waals surface area (Å²) >= 11 is 0. The summed E-state index contributed by atoms with van der Waals surface area (Å²) in [5.41, 5.74) is 3.52. The van der Waals surface area contributed by atoms with Crippen molar-refractivity contribution >= 4 is 5.71 Å². The largest absolute Gasteiger partial charge is 0.493 e. The maximum atomic E-state index is 5.78. The summed E-state index contributed by atoms with van der Waals surface area (Å²) in [7, 11) is 1.68. The molecule has 0 spiro atoms. The summed E-state index contributed by atoms with van der Waals surface area (Å²) in [4.78, 5) is 4.74. The van der Waals surface area contributed by atoms with Crippen LogP contribution in [0, 0.1) is 0 Å². The fourth-order valence-corrected chi connectivity index (χ4v) is 2.59. The number of aliphatic imine (C=N–C) groups is 1. The monoisotopic (exact) mass is 261 g/mol. The highest BCUT2D eigenvalue weighted by molar-refractivity contribution is 6.01. The van der Waals surface area contributed by atoms with Crippen LogP contribution in [0.15, 0.2) is 17.1 Å². The molecule has 1 aromatic carbocycles. The molecular formula is C16H23NO2. The van der Waals surface area contributed by atoms with Gasteiger partial charge in [-0.15, -0.1) is 0 Å². The highest BCUT2D eigenvalue weighted by atomic mass is 16.5. The molecule has 0 fully saturated rings. The number of ether oxygens (including phenoxy) is 2. The van der Waals surface area contributed by atoms with Crippen LogP contribution in [-0.2, 0) is 6.42 Å². The molecule has 3 heteroatoms. The van der Waals surface area contributed by atoms with Crippen molar-refractivity contribution in [3.8, 4) is 11.5 Å². The van der Waals surface area contributed by atoms with E-state index in [0.717, 1.165) is 30.1 Å². The molecule has 0 radical (unpaired) electrons. The highest BCUT2D eigenvalue weighted by Crippen LogP contribution is 2.36. The van der Waals surface area contributed by atoms with Gasteiger partial charge < -0.3 is 9.47 Å². The Labute approximate surface area is 115 Å². The Morgan fingerprint density at radius 3 is 2.63 bits per heavy atom. The molecule has 0 unspecified atom stereocenters. The van der Waals surface area contributed by atoms with E-state index in [9.17, 15) is 0 Å². The molecule has 1 aliphatic rings. The van der Waals surface area contributed by atoms with Gasteiger partial charge in [-0.25, -0.2) is 0 Å². The number of nitrogens with zero attached hydrogens (tertiary/aromatic N) is 1. The molecule has 0 amide bonds. The van der Waals surface area contributed by atoms with Crippen LogP contribution in [0.2, 0.25) is 0 Å². The number of benzene rings is 1. The molecule has 0 aromatic heterocycles. The standard InChI is InChI=1S/C16H23NO2/c1-6-7-19-15-8-12-10-16(3,4)17-11(2)13(12)9-14(15)18-5/h8-9H,6-7,10H2,1-5H3. The zero-order valence-electron chi connectivity index (χ0n) is 12.5. The Kier molecular flexibility index (Phi) is 3.83. The molecule has 0 saturated carbocycles. The number of hydrogen-bond donors (Lipinski definition) is 0. The predicted octanol–water partition coefficient (Wildman–Crippen LogP) is 3.63. The molecule has 104 valence electrons. The second kappa shape index (κ2) is 5.24. The lowest BCUT2D eigenvalue weighted by atomic mass is 9.87. The summed E-state index contributed by atoms with van der Waals surface area (Å²) < 4.78 is 11.2. The lowest BCUT2D eigenvalue weighted by molar-refractivity contribution is 0.293. The smallest absolute Gasteiger partial charge is 0.161 e. The van der Waals surface area contributed by atoms with Gasteiger partial charge in [-0.2, -0.15) is 0 Å². The molecule has 0 N–H and O–H groups in total. The first kappa shape index (κ1) is 13.9. The molecule has 19 heavy (non-hydrogen) atoms. The molecule has 0 saturated heterocycles. The van der Waals surface area contributed by atoms with Crippen molar-refractivity contribution in [2.75, 3.05) is 13.7 Å². The van der Waals surface area contributed by atoms with Crippen molar-refractivity contribution < 1.29 is 9.47 Å². The third-order valence-electron chi connectivity index (χ3n) is 3.33. The average molecular weight is 261 g/mol. The third-order valence-corrected chi connectivity index (χ3v) is 3.33. The van der Waals surface area contributed by atoms with Gasteiger partial charge in [-0.1, -0.05) is 6.92 Å². The summed E-state index contributed by atoms with van der Waals surface area (Å²) in [5, 5.41) is 0. The number of rotatable bonds is 4. The van der Waals surface area contributed by atoms with Crippen LogP contribution in [-0.4, -0.2) is 25.0 Å². The van der Waals surface area contributed by atoms with E-state index in [0.29, 0.717) is 6.61 Å². The zero-order valence-corrected chi connectivity index (χ0v) is 12.5. The predicted molar refractivity (Wildman–Crippen MR) is 78.8 cm³/mol. The lowest BCUT2D eigenvalue weighted by Crippen LogP contribution is -2.28. The summed E-state index contributed by atoms with van der Waals surface area (Å²) in [5.74, 6) is 1.63. The Morgan fingerprint density at radius 1 is 1.26 bits per heavy atom. The summed E-state index contributed by atoms with van der Waals surface area (Å²) in [6.07, 6.45) is 1.93. The van der Waals surface area contributed by atoms with Gasteiger partial charge in [0.05, 0.1) is 19.3 Å². The second-order valence-electron chi connectivity index (χ2n) is 5.70. The Bertz CT molecular complexity index is 504. The van der Waals surface area contributed by atoms with Crippen molar-refractivity contribution in [2.45, 2.75) is 46.1 Å². The minimum atomic E-state index is -0.0340. The van der Waals surface area contributed by atoms with Gasteiger partial charge in [-0.3, -0.25) is 4.99 Å². The van der Waals surface area contributed by atoms with E-state index >= 15 is 0 Å². The molecule has 0 bridgehead atoms. The van der Waals surface area contributed by atoms with Crippen molar-refractivity contribution in [3.63, 3.8) is 0 Å². The van der Waals surface area contributed by atoms with Crippen LogP contribution >= 0.6 is 0 Å². The average Bonchev–Trinajstić information content (AvgIpc) is 2.34. The van der Waals surface area contributed by atoms with Gasteiger partial charge in [0.25, 0.3) is 0 Å². The van der Waals surface area contributed by atoms with E-state index in [-0.39, 0.29) is 5.54 Å². The van der Waals surface area contributed by atoms with Crippen LogP contribution < -0.4 is 9.47 Å². The van der Waals surface area contributed by atoms with Gasteiger partial charge in [0.2, 0.25) is 0 Å². The van der Waals surface area contributed by atoms with Crippen LogP contribution in [0.1, 0.15) is 45.2 Å². The molecule has 0 atom stereocenters. The Hall–Kier alpha value is -1.51. The first-order valence-corrected chi connectivity index (χ1v) is 6.87. The minimum Gasteiger partial charge on any atom is -0.493 e. The first-order chi connectivity index (χ1) is 8.96. The van der Waals surface area contributed by atoms with Crippen LogP contribution in [0.3, 0.4) is 0 Å². The van der Waals surface area contributed by atoms with Crippen molar-refractivity contribution in [1.82, 2.24) is 0 Å². The molecule has 2 rings (SSSR count). The third kappa shape index (κ3) is 2.91. The molecule has 3 nitrogen and oxygen atoms in total. The van der Waals surface area contributed by atoms with Crippen LogP contribution in [0.5, 0.6) is 11.5 Å². The summed E-state index contributed by atoms with van der Waals surface area (Å²) in [6.45, 7) is 9.20. The Balaban J connectivity index is 2.44. The van der Waals surface area contributed by atoms with Gasteiger partial charge in [-0.05, 0) is 51.3 Å². The topological polar surface area (TPSA) is 30.8 Å². The van der Waals surface area contributed by atoms with Gasteiger partial charge >= 0.3 is 0 Å². The SMILES string of the molecule is CCCOc1cc2c(cc1OC)C(C)=NC(C)(C)C2. The zero-order chi connectivity index (χ0) is 14.0.